The lowest BCUT2D eigenvalue weighted by Crippen LogP contribution is -1.95. The average Bonchev–Trinajstić information content (AvgIpc) is 2.33. The van der Waals surface area contributed by atoms with Gasteiger partial charge in [-0.1, -0.05) is 0 Å². The molecule has 0 unspecified atom stereocenters. The van der Waals surface area contributed by atoms with Crippen LogP contribution in [0, 0.1) is 6.92 Å². The Morgan fingerprint density at radius 1 is 1.45 bits per heavy atom. The Morgan fingerprint density at radius 3 is 3.09 bits per heavy atom. The molecule has 0 aliphatic heterocycles. The summed E-state index contributed by atoms with van der Waals surface area (Å²) >= 11 is 0. The van der Waals surface area contributed by atoms with Crippen molar-refractivity contribution in [2.45, 2.75) is 6.92 Å². The highest BCUT2D eigenvalue weighted by Gasteiger charge is 1.99. The van der Waals surface area contributed by atoms with E-state index in [2.05, 4.69) is 15.2 Å². The third kappa shape index (κ3) is 0.813. The van der Waals surface area contributed by atoms with Crippen LogP contribution in [0.25, 0.3) is 5.65 Å². The summed E-state index contributed by atoms with van der Waals surface area (Å²) in [5.41, 5.74) is 7.07. The Kier molecular flexibility index (Phi) is 1.06. The van der Waals surface area contributed by atoms with Crippen LogP contribution in [0.3, 0.4) is 0 Å². The van der Waals surface area contributed by atoms with Gasteiger partial charge in [0.15, 0.2) is 5.65 Å². The lowest BCUT2D eigenvalue weighted by atomic mass is 10.5. The first-order valence-corrected chi connectivity index (χ1v) is 3.20. The SMILES string of the molecule is Cc1cn2c(N)nnc2cn1. The smallest absolute Gasteiger partial charge is 0.226 e. The Bertz CT molecular complexity index is 391. The van der Waals surface area contributed by atoms with Crippen LogP contribution in [0.4, 0.5) is 5.95 Å². The summed E-state index contributed by atoms with van der Waals surface area (Å²) in [7, 11) is 0. The van der Waals surface area contributed by atoms with Crippen LogP contribution in [0.2, 0.25) is 0 Å². The van der Waals surface area contributed by atoms with Gasteiger partial charge in [0.1, 0.15) is 0 Å². The highest BCUT2D eigenvalue weighted by atomic mass is 15.3. The molecule has 0 saturated carbocycles. The van der Waals surface area contributed by atoms with Gasteiger partial charge in [-0.05, 0) is 6.92 Å². The van der Waals surface area contributed by atoms with Gasteiger partial charge in [-0.15, -0.1) is 10.2 Å². The van der Waals surface area contributed by atoms with E-state index < -0.39 is 0 Å². The summed E-state index contributed by atoms with van der Waals surface area (Å²) in [5.74, 6) is 0.394. The number of hydrogen-bond donors (Lipinski definition) is 1. The Balaban J connectivity index is 2.87. The molecule has 0 spiro atoms. The number of nitrogens with zero attached hydrogens (tertiary/aromatic N) is 4. The number of fused-ring (bicyclic) bond motifs is 1. The fourth-order valence-corrected chi connectivity index (χ4v) is 0.916. The molecule has 0 saturated heterocycles. The van der Waals surface area contributed by atoms with Gasteiger partial charge in [-0.3, -0.25) is 9.38 Å². The number of hydrogen-bond acceptors (Lipinski definition) is 4. The molecule has 2 rings (SSSR count). The van der Waals surface area contributed by atoms with E-state index in [1.54, 1.807) is 16.8 Å². The third-order valence-electron chi connectivity index (χ3n) is 1.45. The van der Waals surface area contributed by atoms with Crippen molar-refractivity contribution < 1.29 is 0 Å². The molecule has 11 heavy (non-hydrogen) atoms. The van der Waals surface area contributed by atoms with E-state index in [1.165, 1.54) is 0 Å². The normalized spacial score (nSPS) is 10.6. The first-order chi connectivity index (χ1) is 5.27. The van der Waals surface area contributed by atoms with Crippen LogP contribution in [-0.2, 0) is 0 Å². The molecular formula is C6H7N5. The largest absolute Gasteiger partial charge is 0.368 e. The molecule has 2 aromatic heterocycles. The van der Waals surface area contributed by atoms with Gasteiger partial charge < -0.3 is 5.73 Å². The fourth-order valence-electron chi connectivity index (χ4n) is 0.916. The van der Waals surface area contributed by atoms with E-state index in [-0.39, 0.29) is 0 Å². The van der Waals surface area contributed by atoms with Crippen LogP contribution >= 0.6 is 0 Å². The summed E-state index contributed by atoms with van der Waals surface area (Å²) in [5, 5.41) is 7.47. The molecule has 2 heterocycles. The topological polar surface area (TPSA) is 69.1 Å². The number of nitrogens with two attached hydrogens (primary N) is 1. The summed E-state index contributed by atoms with van der Waals surface area (Å²) in [6.07, 6.45) is 3.43. The summed E-state index contributed by atoms with van der Waals surface area (Å²) in [6.45, 7) is 1.89. The number of aryl methyl sites for hydroxylation is 1. The fraction of sp³-hybridized carbons (Fsp3) is 0.167. The minimum absolute atomic E-state index is 0.394. The Hall–Kier alpha value is -1.65. The third-order valence-corrected chi connectivity index (χ3v) is 1.45. The van der Waals surface area contributed by atoms with Gasteiger partial charge >= 0.3 is 0 Å². The molecule has 0 radical (unpaired) electrons. The van der Waals surface area contributed by atoms with E-state index in [4.69, 9.17) is 5.73 Å². The molecule has 0 atom stereocenters. The zero-order chi connectivity index (χ0) is 7.84. The number of anilines is 1. The van der Waals surface area contributed by atoms with E-state index in [9.17, 15) is 0 Å². The molecule has 5 nitrogen and oxygen atoms in total. The molecule has 2 aromatic rings. The van der Waals surface area contributed by atoms with Crippen LogP contribution in [0.1, 0.15) is 5.69 Å². The second kappa shape index (κ2) is 1.91. The minimum Gasteiger partial charge on any atom is -0.368 e. The molecule has 0 aliphatic rings. The monoisotopic (exact) mass is 149 g/mol. The maximum atomic E-state index is 5.51. The number of nitrogen functional groups attached to an aromatic ring is 1. The standard InChI is InChI=1S/C6H7N5/c1-4-3-11-5(2-8-4)9-10-6(11)7/h2-3H,1H3,(H2,7,10). The van der Waals surface area contributed by atoms with Crippen molar-refractivity contribution >= 4 is 11.6 Å². The van der Waals surface area contributed by atoms with E-state index in [0.717, 1.165) is 5.69 Å². The van der Waals surface area contributed by atoms with Crippen molar-refractivity contribution in [2.24, 2.45) is 0 Å². The van der Waals surface area contributed by atoms with Crippen molar-refractivity contribution in [3.8, 4) is 0 Å². The van der Waals surface area contributed by atoms with Crippen molar-refractivity contribution in [1.29, 1.82) is 0 Å². The van der Waals surface area contributed by atoms with E-state index in [1.807, 2.05) is 6.92 Å². The first kappa shape index (κ1) is 6.09. The maximum Gasteiger partial charge on any atom is 0.226 e. The quantitative estimate of drug-likeness (QED) is 0.573. The van der Waals surface area contributed by atoms with Crippen LogP contribution < -0.4 is 5.73 Å². The summed E-state index contributed by atoms with van der Waals surface area (Å²) in [6, 6.07) is 0. The van der Waals surface area contributed by atoms with Crippen molar-refractivity contribution in [1.82, 2.24) is 19.6 Å². The highest BCUT2D eigenvalue weighted by molar-refractivity contribution is 5.40. The number of rotatable bonds is 0. The molecule has 5 heteroatoms. The van der Waals surface area contributed by atoms with Gasteiger partial charge in [-0.25, -0.2) is 0 Å². The lowest BCUT2D eigenvalue weighted by Gasteiger charge is -1.93. The van der Waals surface area contributed by atoms with Gasteiger partial charge in [0.2, 0.25) is 5.95 Å². The Labute approximate surface area is 62.9 Å². The molecule has 0 bridgehead atoms. The second-order valence-electron chi connectivity index (χ2n) is 2.32. The second-order valence-corrected chi connectivity index (χ2v) is 2.32. The minimum atomic E-state index is 0.394. The Morgan fingerprint density at radius 2 is 2.27 bits per heavy atom. The van der Waals surface area contributed by atoms with Gasteiger partial charge in [0, 0.05) is 6.20 Å². The zero-order valence-electron chi connectivity index (χ0n) is 6.02. The van der Waals surface area contributed by atoms with Crippen LogP contribution in [0.15, 0.2) is 12.4 Å². The lowest BCUT2D eigenvalue weighted by molar-refractivity contribution is 1.08. The van der Waals surface area contributed by atoms with Gasteiger partial charge in [-0.2, -0.15) is 0 Å². The molecule has 0 amide bonds. The van der Waals surface area contributed by atoms with Crippen molar-refractivity contribution in [3.05, 3.63) is 18.1 Å². The molecular weight excluding hydrogens is 142 g/mol. The predicted octanol–water partition coefficient (Wildman–Crippen LogP) is 0.0149. The molecule has 0 aliphatic carbocycles. The van der Waals surface area contributed by atoms with Crippen molar-refractivity contribution in [2.75, 3.05) is 5.73 Å². The molecule has 2 N–H and O–H groups in total. The van der Waals surface area contributed by atoms with Gasteiger partial charge in [0.25, 0.3) is 0 Å². The van der Waals surface area contributed by atoms with E-state index in [0.29, 0.717) is 11.6 Å². The van der Waals surface area contributed by atoms with E-state index >= 15 is 0 Å². The zero-order valence-corrected chi connectivity index (χ0v) is 6.02. The molecule has 56 valence electrons. The predicted molar refractivity (Wildman–Crippen MR) is 39.9 cm³/mol. The maximum absolute atomic E-state index is 5.51. The summed E-state index contributed by atoms with van der Waals surface area (Å²) in [4.78, 5) is 4.04. The van der Waals surface area contributed by atoms with Gasteiger partial charge in [0.05, 0.1) is 11.9 Å². The average molecular weight is 149 g/mol. The molecule has 0 aromatic carbocycles. The number of aromatic nitrogens is 4. The van der Waals surface area contributed by atoms with Crippen LogP contribution in [-0.4, -0.2) is 19.6 Å². The highest BCUT2D eigenvalue weighted by Crippen LogP contribution is 2.03. The summed E-state index contributed by atoms with van der Waals surface area (Å²) < 4.78 is 1.70. The molecule has 0 fully saturated rings. The van der Waals surface area contributed by atoms with Crippen molar-refractivity contribution in [3.63, 3.8) is 0 Å². The first-order valence-electron chi connectivity index (χ1n) is 3.20. The van der Waals surface area contributed by atoms with Crippen LogP contribution in [0.5, 0.6) is 0 Å².